The number of phenols is 1. The van der Waals surface area contributed by atoms with E-state index in [-0.39, 0.29) is 5.41 Å². The van der Waals surface area contributed by atoms with Crippen molar-refractivity contribution in [2.75, 3.05) is 19.6 Å². The minimum absolute atomic E-state index is 0.0732. The molecule has 2 N–H and O–H groups in total. The van der Waals surface area contributed by atoms with Gasteiger partial charge >= 0.3 is 0 Å². The Labute approximate surface area is 196 Å². The minimum Gasteiger partial charge on any atom is -0.508 e. The Balaban J connectivity index is 1.36. The molecule has 3 nitrogen and oxygen atoms in total. The van der Waals surface area contributed by atoms with Crippen LogP contribution in [0.3, 0.4) is 0 Å². The molecule has 0 bridgehead atoms. The molecule has 1 aromatic heterocycles. The van der Waals surface area contributed by atoms with Crippen LogP contribution in [0.2, 0.25) is 0 Å². The average Bonchev–Trinajstić information content (AvgIpc) is 3.20. The summed E-state index contributed by atoms with van der Waals surface area (Å²) in [5.74, 6) is 0.917. The van der Waals surface area contributed by atoms with E-state index in [2.05, 4.69) is 71.4 Å². The molecular weight excluding hydrogens is 404 g/mol. The number of H-pyrrole nitrogens is 1. The highest BCUT2D eigenvalue weighted by Gasteiger charge is 2.48. The van der Waals surface area contributed by atoms with Crippen LogP contribution < -0.4 is 0 Å². The number of likely N-dealkylation sites (tertiary alicyclic amines) is 1. The van der Waals surface area contributed by atoms with Crippen LogP contribution in [0.5, 0.6) is 5.75 Å². The van der Waals surface area contributed by atoms with Crippen molar-refractivity contribution in [3.8, 4) is 5.75 Å². The van der Waals surface area contributed by atoms with Crippen molar-refractivity contribution in [1.82, 2.24) is 9.88 Å². The summed E-state index contributed by atoms with van der Waals surface area (Å²) >= 11 is 0. The molecule has 2 atom stereocenters. The van der Waals surface area contributed by atoms with Gasteiger partial charge in [-0.1, -0.05) is 54.6 Å². The number of nitrogens with zero attached hydrogens (tertiary/aromatic N) is 1. The van der Waals surface area contributed by atoms with Crippen LogP contribution in [0.25, 0.3) is 10.9 Å². The number of benzene rings is 3. The third-order valence-corrected chi connectivity index (χ3v) is 8.28. The molecule has 3 heteroatoms. The normalized spacial score (nSPS) is 22.8. The number of phenolic OH excluding ortho intramolecular Hbond substituents is 1. The SMILES string of the molecule is Cc1cccc2[nH]c3c(c12)CC1CN(CCc2ccccc2)CCC1(c1cccc(O)c1)C3. The Bertz CT molecular complexity index is 1290. The Kier molecular flexibility index (Phi) is 5.03. The topological polar surface area (TPSA) is 39.3 Å². The lowest BCUT2D eigenvalue weighted by atomic mass is 9.58. The second kappa shape index (κ2) is 8.07. The zero-order chi connectivity index (χ0) is 22.4. The van der Waals surface area contributed by atoms with E-state index in [0.717, 1.165) is 45.3 Å². The zero-order valence-electron chi connectivity index (χ0n) is 19.3. The van der Waals surface area contributed by atoms with E-state index in [1.807, 2.05) is 12.1 Å². The molecular formula is C30H32N2O. The molecule has 1 aliphatic heterocycles. The van der Waals surface area contributed by atoms with E-state index >= 15 is 0 Å². The number of aryl methyl sites for hydroxylation is 1. The average molecular weight is 437 g/mol. The second-order valence-corrected chi connectivity index (χ2v) is 10.2. The molecule has 33 heavy (non-hydrogen) atoms. The molecule has 168 valence electrons. The molecule has 2 heterocycles. The molecule has 1 fully saturated rings. The quantitative estimate of drug-likeness (QED) is 0.425. The van der Waals surface area contributed by atoms with Crippen LogP contribution in [0.1, 0.15) is 34.4 Å². The van der Waals surface area contributed by atoms with Crippen molar-refractivity contribution < 1.29 is 5.11 Å². The minimum atomic E-state index is 0.0732. The van der Waals surface area contributed by atoms with Gasteiger partial charge in [-0.05, 0) is 85.5 Å². The van der Waals surface area contributed by atoms with Crippen molar-refractivity contribution in [2.24, 2.45) is 5.92 Å². The first kappa shape index (κ1) is 20.6. The van der Waals surface area contributed by atoms with Gasteiger partial charge in [0.05, 0.1) is 0 Å². The van der Waals surface area contributed by atoms with Crippen molar-refractivity contribution in [2.45, 2.75) is 38.0 Å². The maximum atomic E-state index is 10.3. The fourth-order valence-electron chi connectivity index (χ4n) is 6.56. The van der Waals surface area contributed by atoms with Gasteiger partial charge in [0, 0.05) is 35.1 Å². The first-order valence-electron chi connectivity index (χ1n) is 12.3. The third-order valence-electron chi connectivity index (χ3n) is 8.28. The smallest absolute Gasteiger partial charge is 0.115 e. The van der Waals surface area contributed by atoms with Gasteiger partial charge in [0.1, 0.15) is 5.75 Å². The summed E-state index contributed by atoms with van der Waals surface area (Å²) in [7, 11) is 0. The summed E-state index contributed by atoms with van der Waals surface area (Å²) in [5, 5.41) is 11.7. The van der Waals surface area contributed by atoms with Gasteiger partial charge in [-0.2, -0.15) is 0 Å². The number of hydrogen-bond acceptors (Lipinski definition) is 2. The van der Waals surface area contributed by atoms with Crippen molar-refractivity contribution >= 4 is 10.9 Å². The van der Waals surface area contributed by atoms with Crippen LogP contribution in [0, 0.1) is 12.8 Å². The molecule has 1 aliphatic carbocycles. The number of hydrogen-bond donors (Lipinski definition) is 2. The number of fused-ring (bicyclic) bond motifs is 4. The van der Waals surface area contributed by atoms with E-state index in [9.17, 15) is 5.11 Å². The van der Waals surface area contributed by atoms with Gasteiger partial charge < -0.3 is 15.0 Å². The van der Waals surface area contributed by atoms with Gasteiger partial charge in [0.15, 0.2) is 0 Å². The predicted molar refractivity (Wildman–Crippen MR) is 135 cm³/mol. The fourth-order valence-corrected chi connectivity index (χ4v) is 6.56. The number of aromatic nitrogens is 1. The van der Waals surface area contributed by atoms with Gasteiger partial charge in [-0.15, -0.1) is 0 Å². The lowest BCUT2D eigenvalue weighted by molar-refractivity contribution is 0.0822. The van der Waals surface area contributed by atoms with Gasteiger partial charge in [0.2, 0.25) is 0 Å². The van der Waals surface area contributed by atoms with E-state index in [4.69, 9.17) is 0 Å². The van der Waals surface area contributed by atoms with Crippen LogP contribution in [-0.4, -0.2) is 34.6 Å². The monoisotopic (exact) mass is 436 g/mol. The van der Waals surface area contributed by atoms with Crippen LogP contribution in [0.15, 0.2) is 72.8 Å². The molecule has 3 aromatic carbocycles. The maximum Gasteiger partial charge on any atom is 0.115 e. The number of aromatic amines is 1. The summed E-state index contributed by atoms with van der Waals surface area (Å²) in [6, 6.07) is 25.5. The highest BCUT2D eigenvalue weighted by molar-refractivity contribution is 5.88. The fraction of sp³-hybridized carbons (Fsp3) is 0.333. The van der Waals surface area contributed by atoms with E-state index < -0.39 is 0 Å². The molecule has 0 saturated carbocycles. The summed E-state index contributed by atoms with van der Waals surface area (Å²) in [5.41, 5.74) is 8.35. The van der Waals surface area contributed by atoms with Crippen molar-refractivity contribution in [1.29, 1.82) is 0 Å². The lowest BCUT2D eigenvalue weighted by Gasteiger charge is -2.51. The highest BCUT2D eigenvalue weighted by Crippen LogP contribution is 2.49. The molecule has 6 rings (SSSR count). The first-order valence-corrected chi connectivity index (χ1v) is 12.3. The molecule has 1 saturated heterocycles. The number of aromatic hydroxyl groups is 1. The Morgan fingerprint density at radius 2 is 1.88 bits per heavy atom. The van der Waals surface area contributed by atoms with Crippen LogP contribution in [0.4, 0.5) is 0 Å². The Morgan fingerprint density at radius 3 is 2.73 bits per heavy atom. The molecule has 0 amide bonds. The standard InChI is InChI=1S/C30H32N2O/c1-21-7-5-12-27-29(21)26-18-24-20-32(15-13-22-8-3-2-4-9-22)16-14-30(24,19-28(26)31-27)23-10-6-11-25(33)17-23/h2-12,17,24,31,33H,13-16,18-20H2,1H3. The van der Waals surface area contributed by atoms with E-state index in [1.54, 1.807) is 6.07 Å². The first-order chi connectivity index (χ1) is 16.1. The van der Waals surface area contributed by atoms with Gasteiger partial charge in [-0.25, -0.2) is 0 Å². The van der Waals surface area contributed by atoms with Gasteiger partial charge in [-0.3, -0.25) is 0 Å². The molecule has 4 aromatic rings. The predicted octanol–water partition coefficient (Wildman–Crippen LogP) is 5.78. The zero-order valence-corrected chi connectivity index (χ0v) is 19.3. The van der Waals surface area contributed by atoms with Crippen molar-refractivity contribution in [3.63, 3.8) is 0 Å². The number of rotatable bonds is 4. The Hall–Kier alpha value is -3.04. The Morgan fingerprint density at radius 1 is 1.03 bits per heavy atom. The van der Waals surface area contributed by atoms with Crippen LogP contribution >= 0.6 is 0 Å². The second-order valence-electron chi connectivity index (χ2n) is 10.2. The third kappa shape index (κ3) is 3.55. The highest BCUT2D eigenvalue weighted by atomic mass is 16.3. The van der Waals surface area contributed by atoms with E-state index in [0.29, 0.717) is 11.7 Å². The largest absolute Gasteiger partial charge is 0.508 e. The molecule has 2 unspecified atom stereocenters. The van der Waals surface area contributed by atoms with Gasteiger partial charge in [0.25, 0.3) is 0 Å². The summed E-state index contributed by atoms with van der Waals surface area (Å²) < 4.78 is 0. The lowest BCUT2D eigenvalue weighted by Crippen LogP contribution is -2.54. The summed E-state index contributed by atoms with van der Waals surface area (Å²) in [6.07, 6.45) is 4.35. The maximum absolute atomic E-state index is 10.3. The molecule has 0 spiro atoms. The van der Waals surface area contributed by atoms with E-state index in [1.165, 1.54) is 38.9 Å². The van der Waals surface area contributed by atoms with Crippen LogP contribution in [-0.2, 0) is 24.7 Å². The number of nitrogens with one attached hydrogen (secondary N) is 1. The molecule has 2 aliphatic rings. The number of piperidine rings is 1. The summed E-state index contributed by atoms with van der Waals surface area (Å²) in [4.78, 5) is 6.45. The summed E-state index contributed by atoms with van der Waals surface area (Å²) in [6.45, 7) is 5.56. The van der Waals surface area contributed by atoms with Crippen molar-refractivity contribution in [3.05, 3.63) is 101 Å². The molecule has 0 radical (unpaired) electrons.